The summed E-state index contributed by atoms with van der Waals surface area (Å²) in [6.07, 6.45) is 2.80. The molecular formula is C13H18INO2. The van der Waals surface area contributed by atoms with E-state index in [2.05, 4.69) is 40.0 Å². The van der Waals surface area contributed by atoms with Gasteiger partial charge in [-0.1, -0.05) is 0 Å². The van der Waals surface area contributed by atoms with Crippen LogP contribution >= 0.6 is 22.6 Å². The quantitative estimate of drug-likeness (QED) is 0.633. The lowest BCUT2D eigenvalue weighted by Gasteiger charge is -2.11. The predicted molar refractivity (Wildman–Crippen MR) is 76.5 cm³/mol. The van der Waals surface area contributed by atoms with Gasteiger partial charge in [0.2, 0.25) is 0 Å². The predicted octanol–water partition coefficient (Wildman–Crippen LogP) is 2.44. The first-order valence-electron chi connectivity index (χ1n) is 6.05. The molecule has 1 saturated heterocycles. The molecule has 1 aromatic rings. The molecule has 0 aromatic heterocycles. The van der Waals surface area contributed by atoms with E-state index in [9.17, 15) is 0 Å². The molecule has 1 heterocycles. The Morgan fingerprint density at radius 2 is 2.18 bits per heavy atom. The summed E-state index contributed by atoms with van der Waals surface area (Å²) >= 11 is 2.29. The molecule has 0 bridgehead atoms. The Labute approximate surface area is 116 Å². The lowest BCUT2D eigenvalue weighted by molar-refractivity contribution is 0.109. The second-order valence-corrected chi connectivity index (χ2v) is 5.39. The molecule has 1 aliphatic heterocycles. The number of hydrogen-bond acceptors (Lipinski definition) is 3. The molecule has 2 rings (SSSR count). The first-order chi connectivity index (χ1) is 8.34. The van der Waals surface area contributed by atoms with Crippen molar-refractivity contribution in [3.8, 4) is 5.75 Å². The zero-order valence-corrected chi connectivity index (χ0v) is 12.0. The van der Waals surface area contributed by atoms with Crippen molar-refractivity contribution in [1.82, 2.24) is 5.32 Å². The summed E-state index contributed by atoms with van der Waals surface area (Å²) in [6, 6.07) is 8.11. The van der Waals surface area contributed by atoms with Crippen LogP contribution < -0.4 is 10.1 Å². The lowest BCUT2D eigenvalue weighted by atomic mass is 10.2. The summed E-state index contributed by atoms with van der Waals surface area (Å²) in [6.45, 7) is 3.43. The molecule has 1 fully saturated rings. The maximum absolute atomic E-state index is 5.62. The molecule has 1 aromatic carbocycles. The first kappa shape index (κ1) is 13.1. The van der Waals surface area contributed by atoms with Crippen molar-refractivity contribution in [1.29, 1.82) is 0 Å². The van der Waals surface area contributed by atoms with Gasteiger partial charge in [0.1, 0.15) is 12.4 Å². The van der Waals surface area contributed by atoms with E-state index in [1.54, 1.807) is 0 Å². The molecule has 0 radical (unpaired) electrons. The first-order valence-corrected chi connectivity index (χ1v) is 7.13. The summed E-state index contributed by atoms with van der Waals surface area (Å²) in [4.78, 5) is 0. The Bertz CT molecular complexity index is 323. The normalized spacial score (nSPS) is 19.5. The van der Waals surface area contributed by atoms with Crippen LogP contribution in [0.3, 0.4) is 0 Å². The van der Waals surface area contributed by atoms with E-state index in [4.69, 9.17) is 9.47 Å². The highest BCUT2D eigenvalue weighted by molar-refractivity contribution is 14.1. The minimum absolute atomic E-state index is 0.410. The van der Waals surface area contributed by atoms with E-state index in [0.29, 0.717) is 12.7 Å². The number of halogens is 1. The second-order valence-electron chi connectivity index (χ2n) is 4.14. The second kappa shape index (κ2) is 7.18. The van der Waals surface area contributed by atoms with E-state index in [1.807, 2.05) is 12.1 Å². The van der Waals surface area contributed by atoms with Crippen LogP contribution in [0.1, 0.15) is 12.8 Å². The molecule has 3 nitrogen and oxygen atoms in total. The summed E-state index contributed by atoms with van der Waals surface area (Å²) < 4.78 is 12.4. The van der Waals surface area contributed by atoms with Crippen LogP contribution in [0, 0.1) is 3.57 Å². The summed E-state index contributed by atoms with van der Waals surface area (Å²) in [5.74, 6) is 0.935. The highest BCUT2D eigenvalue weighted by atomic mass is 127. The van der Waals surface area contributed by atoms with Crippen LogP contribution in [0.4, 0.5) is 0 Å². The third-order valence-corrected chi connectivity index (χ3v) is 3.48. The van der Waals surface area contributed by atoms with E-state index < -0.39 is 0 Å². The van der Waals surface area contributed by atoms with Crippen LogP contribution in [0.25, 0.3) is 0 Å². The lowest BCUT2D eigenvalue weighted by Crippen LogP contribution is -2.29. The summed E-state index contributed by atoms with van der Waals surface area (Å²) in [5.41, 5.74) is 0. The molecule has 0 saturated carbocycles. The Balaban J connectivity index is 1.55. The summed E-state index contributed by atoms with van der Waals surface area (Å²) in [5, 5.41) is 3.36. The highest BCUT2D eigenvalue weighted by Crippen LogP contribution is 2.13. The number of hydrogen-bond donors (Lipinski definition) is 1. The van der Waals surface area contributed by atoms with Crippen molar-refractivity contribution in [2.24, 2.45) is 0 Å². The molecule has 17 heavy (non-hydrogen) atoms. The number of ether oxygens (including phenoxy) is 2. The van der Waals surface area contributed by atoms with Crippen molar-refractivity contribution in [2.45, 2.75) is 18.9 Å². The third kappa shape index (κ3) is 4.81. The Kier molecular flexibility index (Phi) is 5.54. The number of nitrogens with one attached hydrogen (secondary N) is 1. The fourth-order valence-corrected chi connectivity index (χ4v) is 2.20. The van der Waals surface area contributed by atoms with Crippen molar-refractivity contribution in [3.63, 3.8) is 0 Å². The van der Waals surface area contributed by atoms with E-state index in [0.717, 1.165) is 25.4 Å². The van der Waals surface area contributed by atoms with Gasteiger partial charge in [-0.15, -0.1) is 0 Å². The maximum atomic E-state index is 5.62. The van der Waals surface area contributed by atoms with Crippen LogP contribution in [-0.2, 0) is 4.74 Å². The van der Waals surface area contributed by atoms with Crippen molar-refractivity contribution < 1.29 is 9.47 Å². The fraction of sp³-hybridized carbons (Fsp3) is 0.538. The van der Waals surface area contributed by atoms with Gasteiger partial charge in [-0.3, -0.25) is 0 Å². The third-order valence-electron chi connectivity index (χ3n) is 2.76. The van der Waals surface area contributed by atoms with Gasteiger partial charge in [-0.25, -0.2) is 0 Å². The van der Waals surface area contributed by atoms with Crippen LogP contribution in [0.15, 0.2) is 24.3 Å². The van der Waals surface area contributed by atoms with Gasteiger partial charge in [0.25, 0.3) is 0 Å². The molecule has 0 aliphatic carbocycles. The zero-order chi connectivity index (χ0) is 11.9. The average Bonchev–Trinajstić information content (AvgIpc) is 2.84. The van der Waals surface area contributed by atoms with Gasteiger partial charge in [-0.2, -0.15) is 0 Å². The Hall–Kier alpha value is -0.330. The van der Waals surface area contributed by atoms with Crippen molar-refractivity contribution >= 4 is 22.6 Å². The standard InChI is InChI=1S/C13H18INO2/c14-11-3-5-12(6-4-11)17-9-7-15-10-13-2-1-8-16-13/h3-6,13,15H,1-2,7-10H2/t13-/m1/s1. The highest BCUT2D eigenvalue weighted by Gasteiger charge is 2.14. The van der Waals surface area contributed by atoms with Gasteiger partial charge in [0, 0.05) is 23.3 Å². The molecule has 4 heteroatoms. The molecule has 0 spiro atoms. The minimum Gasteiger partial charge on any atom is -0.492 e. The Morgan fingerprint density at radius 3 is 2.88 bits per heavy atom. The number of benzene rings is 1. The Morgan fingerprint density at radius 1 is 1.35 bits per heavy atom. The van der Waals surface area contributed by atoms with Gasteiger partial charge in [-0.05, 0) is 59.7 Å². The molecule has 0 unspecified atom stereocenters. The fourth-order valence-electron chi connectivity index (χ4n) is 1.84. The maximum Gasteiger partial charge on any atom is 0.119 e. The zero-order valence-electron chi connectivity index (χ0n) is 9.82. The molecule has 0 amide bonds. The van der Waals surface area contributed by atoms with E-state index >= 15 is 0 Å². The molecule has 1 aliphatic rings. The van der Waals surface area contributed by atoms with Gasteiger partial charge in [0.05, 0.1) is 6.10 Å². The topological polar surface area (TPSA) is 30.5 Å². The minimum atomic E-state index is 0.410. The average molecular weight is 347 g/mol. The van der Waals surface area contributed by atoms with Crippen LogP contribution in [0.2, 0.25) is 0 Å². The molecule has 1 N–H and O–H groups in total. The summed E-state index contributed by atoms with van der Waals surface area (Å²) in [7, 11) is 0. The van der Waals surface area contributed by atoms with Gasteiger partial charge < -0.3 is 14.8 Å². The van der Waals surface area contributed by atoms with Crippen LogP contribution in [-0.4, -0.2) is 32.4 Å². The number of rotatable bonds is 6. The van der Waals surface area contributed by atoms with Crippen LogP contribution in [0.5, 0.6) is 5.75 Å². The molecule has 94 valence electrons. The molecular weight excluding hydrogens is 329 g/mol. The van der Waals surface area contributed by atoms with E-state index in [1.165, 1.54) is 16.4 Å². The van der Waals surface area contributed by atoms with Crippen molar-refractivity contribution in [3.05, 3.63) is 27.8 Å². The SMILES string of the molecule is Ic1ccc(OCCNC[C@H]2CCCO2)cc1. The molecule has 1 atom stereocenters. The monoisotopic (exact) mass is 347 g/mol. The smallest absolute Gasteiger partial charge is 0.119 e. The van der Waals surface area contributed by atoms with Gasteiger partial charge in [0.15, 0.2) is 0 Å². The van der Waals surface area contributed by atoms with Crippen molar-refractivity contribution in [2.75, 3.05) is 26.3 Å². The van der Waals surface area contributed by atoms with Gasteiger partial charge >= 0.3 is 0 Å². The van der Waals surface area contributed by atoms with E-state index in [-0.39, 0.29) is 0 Å². The largest absolute Gasteiger partial charge is 0.492 e.